The zero-order valence-corrected chi connectivity index (χ0v) is 22.1. The van der Waals surface area contributed by atoms with Gasteiger partial charge in [0.1, 0.15) is 24.4 Å². The minimum Gasteiger partial charge on any atom is -0.456 e. The molecule has 3 aromatic carbocycles. The number of rotatable bonds is 11. The summed E-state index contributed by atoms with van der Waals surface area (Å²) in [6, 6.07) is 28.6. The van der Waals surface area contributed by atoms with E-state index in [4.69, 9.17) is 23.7 Å². The van der Waals surface area contributed by atoms with Crippen LogP contribution in [0.1, 0.15) is 30.5 Å². The third-order valence-electron chi connectivity index (χ3n) is 6.43. The Morgan fingerprint density at radius 2 is 0.872 bits per heavy atom. The average molecular weight is 535 g/mol. The first-order valence-corrected chi connectivity index (χ1v) is 12.9. The molecule has 1 N–H and O–H groups in total. The summed E-state index contributed by atoms with van der Waals surface area (Å²) >= 11 is 0. The monoisotopic (exact) mass is 534 g/mol. The van der Waals surface area contributed by atoms with Crippen LogP contribution < -0.4 is 0 Å². The van der Waals surface area contributed by atoms with Gasteiger partial charge < -0.3 is 28.8 Å². The van der Waals surface area contributed by atoms with Crippen LogP contribution in [0.25, 0.3) is 0 Å². The largest absolute Gasteiger partial charge is 0.456 e. The van der Waals surface area contributed by atoms with Crippen molar-refractivity contribution in [3.8, 4) is 0 Å². The molecule has 0 unspecified atom stereocenters. The fourth-order valence-electron chi connectivity index (χ4n) is 4.66. The Bertz CT molecular complexity index is 1170. The van der Waals surface area contributed by atoms with Gasteiger partial charge in [-0.05, 0) is 16.7 Å². The van der Waals surface area contributed by atoms with Crippen molar-refractivity contribution in [3.63, 3.8) is 0 Å². The van der Waals surface area contributed by atoms with Gasteiger partial charge in [0.25, 0.3) is 0 Å². The van der Waals surface area contributed by atoms with E-state index in [9.17, 15) is 14.7 Å². The van der Waals surface area contributed by atoms with Crippen molar-refractivity contribution in [2.24, 2.45) is 0 Å². The molecule has 0 aliphatic heterocycles. The van der Waals surface area contributed by atoms with E-state index in [2.05, 4.69) is 0 Å². The molecule has 3 aromatic rings. The fraction of sp³-hybridized carbons (Fsp3) is 0.355. The third kappa shape index (κ3) is 7.97. The smallest absolute Gasteiger partial charge is 0.303 e. The van der Waals surface area contributed by atoms with Crippen molar-refractivity contribution < 1.29 is 38.4 Å². The zero-order chi connectivity index (χ0) is 27.6. The second-order valence-electron chi connectivity index (χ2n) is 9.42. The van der Waals surface area contributed by atoms with Gasteiger partial charge in [-0.1, -0.05) is 91.0 Å². The Morgan fingerprint density at radius 1 is 0.538 bits per heavy atom. The first-order chi connectivity index (χ1) is 18.9. The summed E-state index contributed by atoms with van der Waals surface area (Å²) in [6.45, 7) is 3.02. The van der Waals surface area contributed by atoms with Crippen LogP contribution in [-0.2, 0) is 53.1 Å². The Hall–Kier alpha value is -3.56. The summed E-state index contributed by atoms with van der Waals surface area (Å²) in [7, 11) is 0. The number of carbonyl (C=O) groups is 2. The molecule has 4 rings (SSSR count). The molecule has 0 amide bonds. The fourth-order valence-corrected chi connectivity index (χ4v) is 4.66. The van der Waals surface area contributed by atoms with Gasteiger partial charge in [-0.2, -0.15) is 0 Å². The van der Waals surface area contributed by atoms with E-state index in [1.807, 2.05) is 91.0 Å². The third-order valence-corrected chi connectivity index (χ3v) is 6.43. The number of ether oxygens (including phenoxy) is 5. The molecule has 0 saturated heterocycles. The standard InChI is InChI=1S/C31H34O8/c1-21(32)38-28-26(34)27(35-18-23-12-6-3-7-13-23)29(36-19-24-14-8-4-9-15-24)30(31(28)39-22(2)33)37-20-25-16-10-5-11-17-25/h3-17,26-31,34H,18-20H2,1-2H3/t26-,27-,28+,29-,30-,31-/m0/s1. The first-order valence-electron chi connectivity index (χ1n) is 12.9. The SMILES string of the molecule is CC(=O)O[C@@H]1[C@@H](OCc2ccccc2)[C@@H](OCc2ccccc2)[C@@H](OCc2ccccc2)[C@H](O)[C@H]1OC(C)=O. The highest BCUT2D eigenvalue weighted by molar-refractivity contribution is 5.67. The molecule has 39 heavy (non-hydrogen) atoms. The summed E-state index contributed by atoms with van der Waals surface area (Å²) in [4.78, 5) is 24.2. The number of aliphatic hydroxyl groups excluding tert-OH is 1. The van der Waals surface area contributed by atoms with Crippen LogP contribution in [0.4, 0.5) is 0 Å². The molecule has 1 aliphatic carbocycles. The van der Waals surface area contributed by atoms with Gasteiger partial charge in [-0.15, -0.1) is 0 Å². The minimum atomic E-state index is -1.36. The Kier molecular flexibility index (Phi) is 10.2. The van der Waals surface area contributed by atoms with Crippen LogP contribution in [0.2, 0.25) is 0 Å². The number of hydrogen-bond donors (Lipinski definition) is 1. The lowest BCUT2D eigenvalue weighted by Crippen LogP contribution is -2.67. The number of hydrogen-bond acceptors (Lipinski definition) is 8. The van der Waals surface area contributed by atoms with Crippen molar-refractivity contribution >= 4 is 11.9 Å². The number of esters is 2. The molecule has 0 radical (unpaired) electrons. The molecule has 1 aliphatic rings. The Balaban J connectivity index is 1.68. The molecule has 0 aromatic heterocycles. The highest BCUT2D eigenvalue weighted by atomic mass is 16.6. The van der Waals surface area contributed by atoms with Crippen LogP contribution >= 0.6 is 0 Å². The van der Waals surface area contributed by atoms with Gasteiger partial charge in [-0.25, -0.2) is 0 Å². The lowest BCUT2D eigenvalue weighted by atomic mass is 9.83. The van der Waals surface area contributed by atoms with Crippen LogP contribution in [0, 0.1) is 0 Å². The quantitative estimate of drug-likeness (QED) is 0.369. The molecular formula is C31H34O8. The first kappa shape index (κ1) is 28.4. The Morgan fingerprint density at radius 3 is 1.26 bits per heavy atom. The van der Waals surface area contributed by atoms with Crippen LogP contribution in [0.3, 0.4) is 0 Å². The van der Waals surface area contributed by atoms with Crippen molar-refractivity contribution in [1.82, 2.24) is 0 Å². The molecule has 0 bridgehead atoms. The Labute approximate surface area is 228 Å². The number of carbonyl (C=O) groups excluding carboxylic acids is 2. The average Bonchev–Trinajstić information content (AvgIpc) is 2.94. The highest BCUT2D eigenvalue weighted by Crippen LogP contribution is 2.34. The van der Waals surface area contributed by atoms with E-state index >= 15 is 0 Å². The van der Waals surface area contributed by atoms with Gasteiger partial charge in [0.05, 0.1) is 19.8 Å². The van der Waals surface area contributed by atoms with E-state index in [0.29, 0.717) is 0 Å². The van der Waals surface area contributed by atoms with Crippen LogP contribution in [0.5, 0.6) is 0 Å². The molecule has 1 saturated carbocycles. The zero-order valence-electron chi connectivity index (χ0n) is 22.1. The molecule has 8 nitrogen and oxygen atoms in total. The summed E-state index contributed by atoms with van der Waals surface area (Å²) in [5, 5.41) is 11.5. The molecule has 0 heterocycles. The van der Waals surface area contributed by atoms with E-state index in [0.717, 1.165) is 16.7 Å². The summed E-state index contributed by atoms with van der Waals surface area (Å²) in [5.41, 5.74) is 2.68. The van der Waals surface area contributed by atoms with Gasteiger partial charge in [0.15, 0.2) is 12.2 Å². The van der Waals surface area contributed by atoms with Crippen molar-refractivity contribution in [1.29, 1.82) is 0 Å². The maximum absolute atomic E-state index is 12.2. The van der Waals surface area contributed by atoms with Crippen LogP contribution in [-0.4, -0.2) is 53.7 Å². The molecular weight excluding hydrogens is 500 g/mol. The molecule has 8 heteroatoms. The summed E-state index contributed by atoms with van der Waals surface area (Å²) in [6.07, 6.45) is -6.49. The predicted octanol–water partition coefficient (Wildman–Crippen LogP) is 3.98. The predicted molar refractivity (Wildman–Crippen MR) is 142 cm³/mol. The van der Waals surface area contributed by atoms with Crippen molar-refractivity contribution in [2.45, 2.75) is 70.3 Å². The summed E-state index contributed by atoms with van der Waals surface area (Å²) in [5.74, 6) is -1.24. The van der Waals surface area contributed by atoms with E-state index in [-0.39, 0.29) is 19.8 Å². The van der Waals surface area contributed by atoms with Gasteiger partial charge >= 0.3 is 11.9 Å². The van der Waals surface area contributed by atoms with Crippen molar-refractivity contribution in [3.05, 3.63) is 108 Å². The summed E-state index contributed by atoms with van der Waals surface area (Å²) < 4.78 is 30.1. The topological polar surface area (TPSA) is 101 Å². The molecule has 0 spiro atoms. The molecule has 206 valence electrons. The van der Waals surface area contributed by atoms with Crippen LogP contribution in [0.15, 0.2) is 91.0 Å². The van der Waals surface area contributed by atoms with E-state index in [1.165, 1.54) is 13.8 Å². The van der Waals surface area contributed by atoms with Gasteiger partial charge in [0.2, 0.25) is 0 Å². The maximum Gasteiger partial charge on any atom is 0.303 e. The normalized spacial score (nSPS) is 24.6. The highest BCUT2D eigenvalue weighted by Gasteiger charge is 2.55. The lowest BCUT2D eigenvalue weighted by molar-refractivity contribution is -0.271. The van der Waals surface area contributed by atoms with Gasteiger partial charge in [0, 0.05) is 13.8 Å². The molecule has 6 atom stereocenters. The molecule has 1 fully saturated rings. The maximum atomic E-state index is 12.2. The second kappa shape index (κ2) is 14.0. The number of benzene rings is 3. The van der Waals surface area contributed by atoms with Crippen molar-refractivity contribution in [2.75, 3.05) is 0 Å². The lowest BCUT2D eigenvalue weighted by Gasteiger charge is -2.47. The second-order valence-corrected chi connectivity index (χ2v) is 9.42. The minimum absolute atomic E-state index is 0.169. The van der Waals surface area contributed by atoms with Gasteiger partial charge in [-0.3, -0.25) is 9.59 Å². The van der Waals surface area contributed by atoms with E-state index in [1.54, 1.807) is 0 Å². The van der Waals surface area contributed by atoms with E-state index < -0.39 is 48.6 Å². The number of aliphatic hydroxyl groups is 1.